The van der Waals surface area contributed by atoms with Crippen molar-refractivity contribution in [3.05, 3.63) is 18.0 Å². The smallest absolute Gasteiger partial charge is 0.272 e. The Labute approximate surface area is 156 Å². The molecule has 146 valence electrons. The van der Waals surface area contributed by atoms with Crippen molar-refractivity contribution in [1.29, 1.82) is 0 Å². The largest absolute Gasteiger partial charge is 0.371 e. The fourth-order valence-corrected chi connectivity index (χ4v) is 5.94. The predicted molar refractivity (Wildman–Crippen MR) is 102 cm³/mol. The highest BCUT2D eigenvalue weighted by atomic mass is 32.2. The van der Waals surface area contributed by atoms with Gasteiger partial charge in [-0.3, -0.25) is 9.48 Å². The fraction of sp³-hybridized carbons (Fsp3) is 0.778. The first-order valence-corrected chi connectivity index (χ1v) is 11.4. The van der Waals surface area contributed by atoms with E-state index in [9.17, 15) is 9.00 Å². The molecule has 0 N–H and O–H groups in total. The van der Waals surface area contributed by atoms with Crippen molar-refractivity contribution in [1.82, 2.24) is 14.7 Å². The summed E-state index contributed by atoms with van der Waals surface area (Å²) < 4.78 is 24.5. The third-order valence-electron chi connectivity index (χ3n) is 5.80. The molecule has 0 unspecified atom stereocenters. The number of hydrogen-bond donors (Lipinski definition) is 0. The third-order valence-corrected chi connectivity index (χ3v) is 8.15. The van der Waals surface area contributed by atoms with Gasteiger partial charge in [0.05, 0.1) is 24.8 Å². The molecule has 1 amide bonds. The lowest BCUT2D eigenvalue weighted by Gasteiger charge is -2.45. The Morgan fingerprint density at radius 1 is 1.38 bits per heavy atom. The standard InChI is InChI=1S/C18H30N4O3S/c1-4-15(5-2)22-16(6-9-20-22)17(23)21-10-11-25-18(14-21)7-12-26(24,19-3)13-8-18/h6,9,15H,4-5,7-8,10-14H2,1-3H3. The predicted octanol–water partition coefficient (Wildman–Crippen LogP) is 2.35. The third kappa shape index (κ3) is 3.67. The van der Waals surface area contributed by atoms with Gasteiger partial charge in [-0.15, -0.1) is 0 Å². The molecule has 0 atom stereocenters. The van der Waals surface area contributed by atoms with Crippen LogP contribution in [-0.2, 0) is 14.5 Å². The summed E-state index contributed by atoms with van der Waals surface area (Å²) >= 11 is 0. The van der Waals surface area contributed by atoms with Crippen LogP contribution in [0, 0.1) is 0 Å². The first-order chi connectivity index (χ1) is 12.5. The second-order valence-corrected chi connectivity index (χ2v) is 9.98. The molecule has 2 fully saturated rings. The lowest BCUT2D eigenvalue weighted by Crippen LogP contribution is -2.56. The molecular weight excluding hydrogens is 352 g/mol. The van der Waals surface area contributed by atoms with Crippen molar-refractivity contribution in [3.63, 3.8) is 0 Å². The average molecular weight is 383 g/mol. The summed E-state index contributed by atoms with van der Waals surface area (Å²) in [7, 11) is -0.446. The zero-order chi connectivity index (χ0) is 18.8. The molecule has 3 heterocycles. The molecule has 2 aliphatic heterocycles. The zero-order valence-corrected chi connectivity index (χ0v) is 16.8. The van der Waals surface area contributed by atoms with Crippen LogP contribution in [0.15, 0.2) is 16.6 Å². The molecule has 0 bridgehead atoms. The highest BCUT2D eigenvalue weighted by Gasteiger charge is 2.42. The number of hydrogen-bond acceptors (Lipinski definition) is 5. The number of rotatable bonds is 4. The van der Waals surface area contributed by atoms with E-state index in [-0.39, 0.29) is 17.6 Å². The van der Waals surface area contributed by atoms with E-state index in [0.29, 0.717) is 49.7 Å². The van der Waals surface area contributed by atoms with Crippen molar-refractivity contribution in [2.75, 3.05) is 38.2 Å². The minimum Gasteiger partial charge on any atom is -0.371 e. The minimum atomic E-state index is -2.08. The molecule has 1 aromatic heterocycles. The summed E-state index contributed by atoms with van der Waals surface area (Å²) in [5.74, 6) is 1.12. The van der Waals surface area contributed by atoms with Crippen molar-refractivity contribution < 1.29 is 13.7 Å². The number of carbonyl (C=O) groups excluding carboxylic acids is 1. The van der Waals surface area contributed by atoms with Crippen molar-refractivity contribution in [2.24, 2.45) is 4.36 Å². The summed E-state index contributed by atoms with van der Waals surface area (Å²) in [5, 5.41) is 4.40. The molecule has 2 saturated heterocycles. The number of aromatic nitrogens is 2. The molecule has 0 aromatic carbocycles. The van der Waals surface area contributed by atoms with Crippen molar-refractivity contribution in [2.45, 2.75) is 51.2 Å². The average Bonchev–Trinajstić information content (AvgIpc) is 3.15. The molecule has 3 rings (SSSR count). The normalized spacial score (nSPS) is 29.3. The van der Waals surface area contributed by atoms with Crippen LogP contribution in [0.2, 0.25) is 0 Å². The van der Waals surface area contributed by atoms with Crippen LogP contribution in [0.5, 0.6) is 0 Å². The Hall–Kier alpha value is -1.41. The molecule has 2 aliphatic rings. The highest BCUT2D eigenvalue weighted by molar-refractivity contribution is 7.93. The summed E-state index contributed by atoms with van der Waals surface area (Å²) in [5.41, 5.74) is 0.276. The molecular formula is C18H30N4O3S. The first kappa shape index (κ1) is 19.4. The van der Waals surface area contributed by atoms with E-state index >= 15 is 0 Å². The molecule has 1 aromatic rings. The maximum Gasteiger partial charge on any atom is 0.272 e. The van der Waals surface area contributed by atoms with Gasteiger partial charge in [0, 0.05) is 41.0 Å². The Balaban J connectivity index is 1.76. The summed E-state index contributed by atoms with van der Waals surface area (Å²) in [6, 6.07) is 2.05. The van der Waals surface area contributed by atoms with E-state index in [1.807, 2.05) is 15.6 Å². The number of amides is 1. The van der Waals surface area contributed by atoms with Gasteiger partial charge in [0.2, 0.25) is 0 Å². The van der Waals surface area contributed by atoms with Gasteiger partial charge >= 0.3 is 0 Å². The number of ether oxygens (including phenoxy) is 1. The molecule has 1 spiro atoms. The fourth-order valence-electron chi connectivity index (χ4n) is 3.99. The Kier molecular flexibility index (Phi) is 5.72. The minimum absolute atomic E-state index is 0.0172. The maximum absolute atomic E-state index is 13.2. The topological polar surface area (TPSA) is 76.8 Å². The first-order valence-electron chi connectivity index (χ1n) is 9.53. The summed E-state index contributed by atoms with van der Waals surface area (Å²) in [6.07, 6.45) is 4.98. The van der Waals surface area contributed by atoms with Crippen LogP contribution >= 0.6 is 0 Å². The van der Waals surface area contributed by atoms with E-state index < -0.39 is 9.73 Å². The van der Waals surface area contributed by atoms with Crippen LogP contribution in [0.4, 0.5) is 0 Å². The lowest BCUT2D eigenvalue weighted by molar-refractivity contribution is -0.104. The SMILES string of the molecule is CCC(CC)n1nccc1C(=O)N1CCOC2(CCS(=O)(=NC)CC2)C1. The lowest BCUT2D eigenvalue weighted by atomic mass is 9.94. The Bertz CT molecular complexity index is 748. The second kappa shape index (κ2) is 7.68. The Morgan fingerprint density at radius 2 is 2.08 bits per heavy atom. The number of carbonyl (C=O) groups is 1. The summed E-state index contributed by atoms with van der Waals surface area (Å²) in [4.78, 5) is 15.0. The molecule has 8 heteroatoms. The number of nitrogens with zero attached hydrogens (tertiary/aromatic N) is 4. The highest BCUT2D eigenvalue weighted by Crippen LogP contribution is 2.32. The van der Waals surface area contributed by atoms with Crippen LogP contribution in [0.25, 0.3) is 0 Å². The molecule has 26 heavy (non-hydrogen) atoms. The summed E-state index contributed by atoms with van der Waals surface area (Å²) in [6.45, 7) is 5.90. The van der Waals surface area contributed by atoms with E-state index in [0.717, 1.165) is 12.8 Å². The molecule has 0 radical (unpaired) electrons. The van der Waals surface area contributed by atoms with E-state index in [2.05, 4.69) is 23.3 Å². The van der Waals surface area contributed by atoms with Crippen LogP contribution < -0.4 is 0 Å². The maximum atomic E-state index is 13.2. The van der Waals surface area contributed by atoms with E-state index in [1.165, 1.54) is 0 Å². The van der Waals surface area contributed by atoms with E-state index in [4.69, 9.17) is 4.74 Å². The van der Waals surface area contributed by atoms with Crippen LogP contribution in [0.1, 0.15) is 56.1 Å². The molecule has 7 nitrogen and oxygen atoms in total. The Morgan fingerprint density at radius 3 is 2.69 bits per heavy atom. The van der Waals surface area contributed by atoms with Gasteiger partial charge in [0.15, 0.2) is 0 Å². The quantitative estimate of drug-likeness (QED) is 0.801. The van der Waals surface area contributed by atoms with Gasteiger partial charge in [-0.05, 0) is 31.7 Å². The molecule has 0 saturated carbocycles. The van der Waals surface area contributed by atoms with Gasteiger partial charge in [-0.25, -0.2) is 8.57 Å². The van der Waals surface area contributed by atoms with Gasteiger partial charge in [-0.1, -0.05) is 13.8 Å². The van der Waals surface area contributed by atoms with Crippen molar-refractivity contribution >= 4 is 15.6 Å². The number of morpholine rings is 1. The van der Waals surface area contributed by atoms with Crippen LogP contribution in [-0.4, -0.2) is 68.6 Å². The second-order valence-electron chi connectivity index (χ2n) is 7.25. The zero-order valence-electron chi connectivity index (χ0n) is 16.0. The monoisotopic (exact) mass is 382 g/mol. The van der Waals surface area contributed by atoms with Crippen molar-refractivity contribution in [3.8, 4) is 0 Å². The van der Waals surface area contributed by atoms with Gasteiger partial charge in [0.1, 0.15) is 5.69 Å². The van der Waals surface area contributed by atoms with E-state index in [1.54, 1.807) is 13.2 Å². The molecule has 0 aliphatic carbocycles. The van der Waals surface area contributed by atoms with Gasteiger partial charge in [-0.2, -0.15) is 5.10 Å². The van der Waals surface area contributed by atoms with Crippen LogP contribution in [0.3, 0.4) is 0 Å². The van der Waals surface area contributed by atoms with Gasteiger partial charge < -0.3 is 9.64 Å². The van der Waals surface area contributed by atoms with Gasteiger partial charge in [0.25, 0.3) is 5.91 Å².